The average molecular weight is 571 g/mol. The van der Waals surface area contributed by atoms with E-state index in [2.05, 4.69) is 35.5 Å². The van der Waals surface area contributed by atoms with Crippen LogP contribution >= 0.6 is 0 Å². The van der Waals surface area contributed by atoms with Crippen molar-refractivity contribution in [1.82, 2.24) is 14.8 Å². The molecular weight excluding hydrogens is 516 g/mol. The summed E-state index contributed by atoms with van der Waals surface area (Å²) >= 11 is 0. The minimum Gasteiger partial charge on any atom is -0.459 e. The Bertz CT molecular complexity index is 957. The van der Waals surface area contributed by atoms with Gasteiger partial charge >= 0.3 is 5.97 Å². The predicted octanol–water partition coefficient (Wildman–Crippen LogP) is 3.92. The fourth-order valence-corrected chi connectivity index (χ4v) is 8.39. The molecule has 0 aromatic heterocycles. The van der Waals surface area contributed by atoms with E-state index in [4.69, 9.17) is 10.5 Å². The molecule has 0 saturated heterocycles. The summed E-state index contributed by atoms with van der Waals surface area (Å²) in [4.78, 5) is 26.6. The smallest absolute Gasteiger partial charge is 0.324 e. The lowest BCUT2D eigenvalue weighted by atomic mass is 9.69. The van der Waals surface area contributed by atoms with Gasteiger partial charge in [0.15, 0.2) is 0 Å². The molecule has 226 valence electrons. The number of fused-ring (bicyclic) bond motifs is 2. The zero-order valence-electron chi connectivity index (χ0n) is 25.1. The highest BCUT2D eigenvalue weighted by Crippen LogP contribution is 2.65. The molecule has 3 fully saturated rings. The Morgan fingerprint density at radius 2 is 1.64 bits per heavy atom. The summed E-state index contributed by atoms with van der Waals surface area (Å²) in [6.07, 6.45) is 10.5. The van der Waals surface area contributed by atoms with Crippen LogP contribution in [0, 0.1) is 22.7 Å². The first-order valence-corrected chi connectivity index (χ1v) is 16.6. The standard InChI is InChI=1S/C29H54N4O5S/c1-27(2,3)38-26(35)22(14-10-11-17-30)32-39(36,37)33-23(18-20-12-8-7-9-13-20)25(34)31-24-19-21-15-16-29(24,6)28(21,4)5/h20-24,32-33H,7-19,30H2,1-6H3,(H,31,34)/t21-,22+,23+,24-,29+/m1/s1. The van der Waals surface area contributed by atoms with Gasteiger partial charge in [-0.15, -0.1) is 0 Å². The number of esters is 1. The van der Waals surface area contributed by atoms with Crippen molar-refractivity contribution in [1.29, 1.82) is 0 Å². The van der Waals surface area contributed by atoms with E-state index < -0.39 is 33.9 Å². The van der Waals surface area contributed by atoms with Crippen LogP contribution < -0.4 is 20.5 Å². The van der Waals surface area contributed by atoms with E-state index in [1.807, 2.05) is 0 Å². The Balaban J connectivity index is 1.75. The average Bonchev–Trinajstić information content (AvgIpc) is 3.16. The third kappa shape index (κ3) is 8.17. The van der Waals surface area contributed by atoms with Crippen molar-refractivity contribution < 1.29 is 22.7 Å². The lowest BCUT2D eigenvalue weighted by Crippen LogP contribution is -2.57. The fraction of sp³-hybridized carbons (Fsp3) is 0.931. The van der Waals surface area contributed by atoms with E-state index in [1.165, 1.54) is 12.8 Å². The number of hydrogen-bond acceptors (Lipinski definition) is 6. The van der Waals surface area contributed by atoms with Crippen LogP contribution in [0.2, 0.25) is 0 Å². The summed E-state index contributed by atoms with van der Waals surface area (Å²) in [7, 11) is -4.19. The van der Waals surface area contributed by atoms with Gasteiger partial charge in [0, 0.05) is 6.04 Å². The molecule has 1 amide bonds. The number of carbonyl (C=O) groups excluding carboxylic acids is 2. The van der Waals surface area contributed by atoms with Gasteiger partial charge in [-0.1, -0.05) is 59.3 Å². The first-order chi connectivity index (χ1) is 18.1. The molecule has 0 aromatic carbocycles. The maximum atomic E-state index is 13.7. The molecule has 0 radical (unpaired) electrons. The highest BCUT2D eigenvalue weighted by atomic mass is 32.2. The molecule has 0 aliphatic heterocycles. The molecule has 0 aromatic rings. The zero-order chi connectivity index (χ0) is 29.1. The Morgan fingerprint density at radius 3 is 2.18 bits per heavy atom. The largest absolute Gasteiger partial charge is 0.459 e. The Labute approximate surface area is 236 Å². The van der Waals surface area contributed by atoms with E-state index in [9.17, 15) is 18.0 Å². The van der Waals surface area contributed by atoms with E-state index >= 15 is 0 Å². The van der Waals surface area contributed by atoms with Gasteiger partial charge in [-0.25, -0.2) is 0 Å². The molecule has 5 atom stereocenters. The number of rotatable bonds is 13. The van der Waals surface area contributed by atoms with Crippen molar-refractivity contribution in [2.75, 3.05) is 6.54 Å². The maximum Gasteiger partial charge on any atom is 0.324 e. The molecule has 9 nitrogen and oxygen atoms in total. The van der Waals surface area contributed by atoms with Crippen LogP contribution in [-0.4, -0.2) is 50.6 Å². The summed E-state index contributed by atoms with van der Waals surface area (Å²) < 4.78 is 37.4. The molecule has 0 spiro atoms. The maximum absolute atomic E-state index is 13.7. The van der Waals surface area contributed by atoms with Crippen LogP contribution in [0.15, 0.2) is 0 Å². The lowest BCUT2D eigenvalue weighted by Gasteiger charge is -2.40. The quantitative estimate of drug-likeness (QED) is 0.195. The molecule has 39 heavy (non-hydrogen) atoms. The van der Waals surface area contributed by atoms with Crippen molar-refractivity contribution in [2.45, 2.75) is 142 Å². The first kappa shape index (κ1) is 32.3. The van der Waals surface area contributed by atoms with Crippen molar-refractivity contribution in [3.8, 4) is 0 Å². The first-order valence-electron chi connectivity index (χ1n) is 15.1. The van der Waals surface area contributed by atoms with E-state index in [-0.39, 0.29) is 35.1 Å². The molecular formula is C29H54N4O5S. The Hall–Kier alpha value is -1.23. The summed E-state index contributed by atoms with van der Waals surface area (Å²) in [5.74, 6) is -0.0469. The Kier molecular flexibility index (Phi) is 10.5. The second-order valence-electron chi connectivity index (χ2n) is 14.1. The van der Waals surface area contributed by atoms with Gasteiger partial charge in [-0.3, -0.25) is 9.59 Å². The number of amides is 1. The second kappa shape index (κ2) is 12.7. The minimum absolute atomic E-state index is 0.00928. The van der Waals surface area contributed by atoms with E-state index in [0.717, 1.165) is 38.5 Å². The molecule has 3 aliphatic carbocycles. The van der Waals surface area contributed by atoms with Crippen LogP contribution in [0.25, 0.3) is 0 Å². The van der Waals surface area contributed by atoms with Gasteiger partial charge in [-0.2, -0.15) is 17.9 Å². The van der Waals surface area contributed by atoms with E-state index in [1.54, 1.807) is 20.8 Å². The third-order valence-electron chi connectivity index (χ3n) is 9.95. The Morgan fingerprint density at radius 1 is 1.00 bits per heavy atom. The highest BCUT2D eigenvalue weighted by Gasteiger charge is 2.61. The summed E-state index contributed by atoms with van der Waals surface area (Å²) in [5, 5.41) is 3.27. The van der Waals surface area contributed by atoms with Gasteiger partial charge < -0.3 is 15.8 Å². The fourth-order valence-electron chi connectivity index (χ4n) is 7.16. The van der Waals surface area contributed by atoms with Crippen molar-refractivity contribution in [2.24, 2.45) is 28.4 Å². The van der Waals surface area contributed by atoms with Crippen LogP contribution in [0.5, 0.6) is 0 Å². The van der Waals surface area contributed by atoms with Gasteiger partial charge in [0.25, 0.3) is 10.2 Å². The third-order valence-corrected chi connectivity index (χ3v) is 11.1. The number of unbranched alkanes of at least 4 members (excludes halogenated alkanes) is 1. The minimum atomic E-state index is -4.19. The SMILES string of the molecule is CC(C)(C)OC(=O)[C@H](CCCCN)NS(=O)(=O)N[C@@H](CC1CCCCC1)C(=O)N[C@@H]1C[C@H]2CC[C@]1(C)C2(C)C. The summed E-state index contributed by atoms with van der Waals surface area (Å²) in [6.45, 7) is 12.5. The summed E-state index contributed by atoms with van der Waals surface area (Å²) in [5.41, 5.74) is 4.98. The van der Waals surface area contributed by atoms with Crippen molar-refractivity contribution in [3.05, 3.63) is 0 Å². The van der Waals surface area contributed by atoms with Crippen LogP contribution in [0.4, 0.5) is 0 Å². The normalized spacial score (nSPS) is 28.7. The molecule has 0 unspecified atom stereocenters. The van der Waals surface area contributed by atoms with Gasteiger partial charge in [0.2, 0.25) is 5.91 Å². The van der Waals surface area contributed by atoms with Crippen molar-refractivity contribution in [3.63, 3.8) is 0 Å². The molecule has 3 saturated carbocycles. The van der Waals surface area contributed by atoms with Gasteiger partial charge in [0.05, 0.1) is 0 Å². The number of ether oxygens (including phenoxy) is 1. The molecule has 3 rings (SSSR count). The molecule has 10 heteroatoms. The van der Waals surface area contributed by atoms with Crippen LogP contribution in [-0.2, 0) is 24.5 Å². The zero-order valence-corrected chi connectivity index (χ0v) is 25.9. The van der Waals surface area contributed by atoms with Crippen LogP contribution in [0.3, 0.4) is 0 Å². The number of carbonyl (C=O) groups is 2. The van der Waals surface area contributed by atoms with Crippen LogP contribution in [0.1, 0.15) is 119 Å². The monoisotopic (exact) mass is 570 g/mol. The second-order valence-corrected chi connectivity index (χ2v) is 15.6. The summed E-state index contributed by atoms with van der Waals surface area (Å²) in [6, 6.07) is -1.94. The van der Waals surface area contributed by atoms with Crippen molar-refractivity contribution >= 4 is 22.1 Å². The molecule has 3 aliphatic rings. The lowest BCUT2D eigenvalue weighted by molar-refractivity contribution is -0.157. The topological polar surface area (TPSA) is 140 Å². The molecule has 2 bridgehead atoms. The predicted molar refractivity (Wildman–Crippen MR) is 154 cm³/mol. The molecule has 0 heterocycles. The number of hydrogen-bond donors (Lipinski definition) is 4. The number of nitrogens with two attached hydrogens (primary N) is 1. The molecule has 5 N–H and O–H groups in total. The highest BCUT2D eigenvalue weighted by molar-refractivity contribution is 7.87. The van der Waals surface area contributed by atoms with E-state index in [0.29, 0.717) is 31.7 Å². The van der Waals surface area contributed by atoms with Gasteiger partial charge in [0.1, 0.15) is 17.7 Å². The number of nitrogens with one attached hydrogen (secondary N) is 3. The van der Waals surface area contributed by atoms with Gasteiger partial charge in [-0.05, 0) is 88.5 Å².